The van der Waals surface area contributed by atoms with Crippen LogP contribution in [-0.2, 0) is 0 Å². The van der Waals surface area contributed by atoms with E-state index >= 15 is 0 Å². The smallest absolute Gasteiger partial charge is 0.194 e. The second kappa shape index (κ2) is 7.66. The van der Waals surface area contributed by atoms with E-state index in [1.54, 1.807) is 6.92 Å². The number of nitrogens with zero attached hydrogens (tertiary/aromatic N) is 2. The molecule has 1 aromatic rings. The van der Waals surface area contributed by atoms with Gasteiger partial charge in [0.25, 0.3) is 0 Å². The first kappa shape index (κ1) is 16.1. The molecule has 1 atom stereocenters. The first-order chi connectivity index (χ1) is 10.1. The van der Waals surface area contributed by atoms with Crippen LogP contribution in [0.2, 0.25) is 0 Å². The Morgan fingerprint density at radius 3 is 2.76 bits per heavy atom. The molecular weight excluding hydrogens is 286 g/mol. The van der Waals surface area contributed by atoms with Gasteiger partial charge in [-0.05, 0) is 31.5 Å². The fourth-order valence-electron chi connectivity index (χ4n) is 2.93. The highest BCUT2D eigenvalue weighted by Crippen LogP contribution is 2.28. The van der Waals surface area contributed by atoms with Crippen molar-refractivity contribution in [1.82, 2.24) is 9.97 Å². The van der Waals surface area contributed by atoms with Crippen LogP contribution in [0, 0.1) is 12.8 Å². The highest BCUT2D eigenvalue weighted by Gasteiger charge is 2.20. The lowest BCUT2D eigenvalue weighted by molar-refractivity contribution is 0.236. The summed E-state index contributed by atoms with van der Waals surface area (Å²) in [6, 6.07) is -0.0736. The summed E-state index contributed by atoms with van der Waals surface area (Å²) in [4.78, 5) is 8.34. The number of anilines is 1. The number of aliphatic hydroxyl groups is 2. The van der Waals surface area contributed by atoms with Crippen molar-refractivity contribution in [3.05, 3.63) is 17.6 Å². The summed E-state index contributed by atoms with van der Waals surface area (Å²) in [7, 11) is 0. The Bertz CT molecular complexity index is 490. The predicted octanol–water partition coefficient (Wildman–Crippen LogP) is 2.76. The molecule has 0 amide bonds. The molecule has 1 fully saturated rings. The minimum Gasteiger partial charge on any atom is -0.498 e. The molecule has 0 saturated heterocycles. The summed E-state index contributed by atoms with van der Waals surface area (Å²) in [6.07, 6.45) is 8.77. The van der Waals surface area contributed by atoms with Gasteiger partial charge in [-0.1, -0.05) is 32.1 Å². The van der Waals surface area contributed by atoms with Gasteiger partial charge in [-0.2, -0.15) is 0 Å². The van der Waals surface area contributed by atoms with Crippen LogP contribution >= 0.6 is 12.2 Å². The zero-order valence-corrected chi connectivity index (χ0v) is 13.2. The van der Waals surface area contributed by atoms with Crippen LogP contribution in [0.15, 0.2) is 6.20 Å². The van der Waals surface area contributed by atoms with Crippen LogP contribution in [0.4, 0.5) is 5.82 Å². The van der Waals surface area contributed by atoms with Crippen molar-refractivity contribution in [2.45, 2.75) is 51.5 Å². The number of rotatable bonds is 6. The number of aromatic nitrogens is 2. The molecule has 1 aromatic heterocycles. The predicted molar refractivity (Wildman–Crippen MR) is 86.8 cm³/mol. The SMILES string of the molecule is Cc1ncc(C(O)=S)c(N[C@H](CO)CC2CCCCC2)n1. The fourth-order valence-corrected chi connectivity index (χ4v) is 3.08. The van der Waals surface area contributed by atoms with Crippen molar-refractivity contribution >= 4 is 23.1 Å². The molecule has 2 rings (SSSR count). The zero-order chi connectivity index (χ0) is 15.2. The standard InChI is InChI=1S/C15H23N3O2S/c1-10-16-8-13(15(20)21)14(17-10)18-12(9-19)7-11-5-3-2-4-6-11/h8,11-12,19H,2-7,9H2,1H3,(H,20,21)(H,16,17,18)/t12-/m0/s1. The minimum atomic E-state index is -0.230. The van der Waals surface area contributed by atoms with Crippen LogP contribution in [0.3, 0.4) is 0 Å². The van der Waals surface area contributed by atoms with Crippen LogP contribution < -0.4 is 5.32 Å². The summed E-state index contributed by atoms with van der Waals surface area (Å²) in [5, 5.41) is 22.2. The van der Waals surface area contributed by atoms with Crippen molar-refractivity contribution in [3.63, 3.8) is 0 Å². The van der Waals surface area contributed by atoms with Gasteiger partial charge in [0.1, 0.15) is 11.6 Å². The third-order valence-corrected chi connectivity index (χ3v) is 4.26. The summed E-state index contributed by atoms with van der Waals surface area (Å²) in [5.41, 5.74) is 0.415. The van der Waals surface area contributed by atoms with E-state index in [2.05, 4.69) is 15.3 Å². The molecule has 0 radical (unpaired) electrons. The van der Waals surface area contributed by atoms with Crippen LogP contribution in [0.25, 0.3) is 0 Å². The summed E-state index contributed by atoms with van der Waals surface area (Å²) < 4.78 is 0. The van der Waals surface area contributed by atoms with Gasteiger partial charge < -0.3 is 15.5 Å². The lowest BCUT2D eigenvalue weighted by atomic mass is 9.85. The highest BCUT2D eigenvalue weighted by atomic mass is 32.1. The van der Waals surface area contributed by atoms with E-state index in [9.17, 15) is 10.2 Å². The second-order valence-electron chi connectivity index (χ2n) is 5.75. The zero-order valence-electron chi connectivity index (χ0n) is 12.4. The molecule has 0 spiro atoms. The summed E-state index contributed by atoms with van der Waals surface area (Å²) in [5.74, 6) is 1.76. The molecule has 5 nitrogen and oxygen atoms in total. The van der Waals surface area contributed by atoms with E-state index < -0.39 is 0 Å². The van der Waals surface area contributed by atoms with E-state index in [-0.39, 0.29) is 17.7 Å². The Labute approximate surface area is 130 Å². The molecule has 3 N–H and O–H groups in total. The molecule has 0 bridgehead atoms. The maximum Gasteiger partial charge on any atom is 0.194 e. The number of thiocarbonyl (C=S) groups is 1. The topological polar surface area (TPSA) is 78.3 Å². The lowest BCUT2D eigenvalue weighted by Crippen LogP contribution is -2.29. The van der Waals surface area contributed by atoms with E-state index in [1.165, 1.54) is 38.3 Å². The Balaban J connectivity index is 2.06. The van der Waals surface area contributed by atoms with Gasteiger partial charge in [0.05, 0.1) is 18.2 Å². The Hall–Kier alpha value is -1.27. The van der Waals surface area contributed by atoms with Gasteiger partial charge >= 0.3 is 0 Å². The van der Waals surface area contributed by atoms with Crippen molar-refractivity contribution in [1.29, 1.82) is 0 Å². The van der Waals surface area contributed by atoms with Crippen molar-refractivity contribution in [2.24, 2.45) is 5.92 Å². The van der Waals surface area contributed by atoms with Crippen LogP contribution in [-0.4, -0.2) is 37.9 Å². The number of hydrogen-bond donors (Lipinski definition) is 3. The lowest BCUT2D eigenvalue weighted by Gasteiger charge is -2.26. The minimum absolute atomic E-state index is 0.0389. The van der Waals surface area contributed by atoms with Gasteiger partial charge in [0.15, 0.2) is 5.05 Å². The molecule has 1 heterocycles. The Kier molecular flexibility index (Phi) is 5.87. The average Bonchev–Trinajstić information content (AvgIpc) is 2.47. The summed E-state index contributed by atoms with van der Waals surface area (Å²) in [6.45, 7) is 1.82. The Morgan fingerprint density at radius 2 is 2.14 bits per heavy atom. The maximum atomic E-state index is 9.62. The fraction of sp³-hybridized carbons (Fsp3) is 0.667. The quantitative estimate of drug-likeness (QED) is 0.701. The first-order valence-electron chi connectivity index (χ1n) is 7.54. The molecule has 0 aromatic carbocycles. The molecule has 116 valence electrons. The van der Waals surface area contributed by atoms with Gasteiger partial charge in [-0.25, -0.2) is 9.97 Å². The van der Waals surface area contributed by atoms with Crippen molar-refractivity contribution in [2.75, 3.05) is 11.9 Å². The van der Waals surface area contributed by atoms with Gasteiger partial charge in [-0.3, -0.25) is 0 Å². The maximum absolute atomic E-state index is 9.62. The third kappa shape index (κ3) is 4.61. The normalized spacial score (nSPS) is 17.4. The van der Waals surface area contributed by atoms with E-state index in [4.69, 9.17) is 12.2 Å². The van der Waals surface area contributed by atoms with Crippen molar-refractivity contribution in [3.8, 4) is 0 Å². The number of hydrogen-bond acceptors (Lipinski definition) is 5. The molecule has 21 heavy (non-hydrogen) atoms. The number of nitrogens with one attached hydrogen (secondary N) is 1. The van der Waals surface area contributed by atoms with Gasteiger partial charge in [-0.15, -0.1) is 0 Å². The molecule has 0 aliphatic heterocycles. The Morgan fingerprint density at radius 1 is 1.43 bits per heavy atom. The summed E-state index contributed by atoms with van der Waals surface area (Å²) >= 11 is 4.82. The van der Waals surface area contributed by atoms with Crippen molar-refractivity contribution < 1.29 is 10.2 Å². The highest BCUT2D eigenvalue weighted by molar-refractivity contribution is 7.80. The second-order valence-corrected chi connectivity index (χ2v) is 6.13. The third-order valence-electron chi connectivity index (χ3n) is 4.04. The van der Waals surface area contributed by atoms with Gasteiger partial charge in [0, 0.05) is 6.20 Å². The molecular formula is C15H23N3O2S. The average molecular weight is 309 g/mol. The van der Waals surface area contributed by atoms with Gasteiger partial charge in [0.2, 0.25) is 0 Å². The monoisotopic (exact) mass is 309 g/mol. The molecule has 6 heteroatoms. The van der Waals surface area contributed by atoms with E-state index in [1.807, 2.05) is 0 Å². The molecule has 1 aliphatic rings. The molecule has 1 saturated carbocycles. The number of aryl methyl sites for hydroxylation is 1. The molecule has 0 unspecified atom stereocenters. The van der Waals surface area contributed by atoms with E-state index in [0.29, 0.717) is 23.1 Å². The molecule has 1 aliphatic carbocycles. The largest absolute Gasteiger partial charge is 0.498 e. The van der Waals surface area contributed by atoms with Crippen LogP contribution in [0.1, 0.15) is 49.9 Å². The first-order valence-corrected chi connectivity index (χ1v) is 7.95. The van der Waals surface area contributed by atoms with Crippen LogP contribution in [0.5, 0.6) is 0 Å². The number of aliphatic hydroxyl groups excluding tert-OH is 2. The van der Waals surface area contributed by atoms with E-state index in [0.717, 1.165) is 6.42 Å².